The second kappa shape index (κ2) is 5.06. The van der Waals surface area contributed by atoms with E-state index in [1.54, 1.807) is 0 Å². The van der Waals surface area contributed by atoms with Crippen LogP contribution in [-0.4, -0.2) is 11.9 Å². The van der Waals surface area contributed by atoms with Gasteiger partial charge in [-0.2, -0.15) is 0 Å². The van der Waals surface area contributed by atoms with Crippen molar-refractivity contribution in [1.82, 2.24) is 4.90 Å². The molecule has 0 unspecified atom stereocenters. The summed E-state index contributed by atoms with van der Waals surface area (Å²) in [7, 11) is 2.06. The molecule has 1 aromatic heterocycles. The van der Waals surface area contributed by atoms with E-state index in [2.05, 4.69) is 18.0 Å². The quantitative estimate of drug-likeness (QED) is 0.821. The first-order chi connectivity index (χ1) is 8.15. The largest absolute Gasteiger partial charge is 0.465 e. The monoisotopic (exact) mass is 230 g/mol. The molecule has 0 spiro atoms. The number of benzene rings is 1. The van der Waals surface area contributed by atoms with Gasteiger partial charge in [0.15, 0.2) is 0 Å². The van der Waals surface area contributed by atoms with Gasteiger partial charge < -0.3 is 10.2 Å². The highest BCUT2D eigenvalue weighted by Gasteiger charge is 2.06. The second-order valence-electron chi connectivity index (χ2n) is 4.38. The van der Waals surface area contributed by atoms with Crippen LogP contribution in [0.1, 0.15) is 17.1 Å². The number of hydrogen-bond acceptors (Lipinski definition) is 3. The average molecular weight is 230 g/mol. The number of hydrogen-bond donors (Lipinski definition) is 1. The van der Waals surface area contributed by atoms with E-state index in [1.165, 1.54) is 0 Å². The van der Waals surface area contributed by atoms with Crippen LogP contribution in [0.4, 0.5) is 5.69 Å². The van der Waals surface area contributed by atoms with Gasteiger partial charge in [0.05, 0.1) is 6.54 Å². The maximum atomic E-state index is 5.92. The number of nitrogen functional groups attached to an aromatic ring is 1. The third kappa shape index (κ3) is 3.11. The van der Waals surface area contributed by atoms with Crippen molar-refractivity contribution in [3.05, 3.63) is 53.5 Å². The molecule has 0 bridgehead atoms. The number of furan rings is 1. The molecule has 0 radical (unpaired) electrons. The Morgan fingerprint density at radius 2 is 1.88 bits per heavy atom. The Balaban J connectivity index is 1.98. The van der Waals surface area contributed by atoms with Crippen molar-refractivity contribution < 1.29 is 4.42 Å². The molecule has 1 heterocycles. The van der Waals surface area contributed by atoms with Gasteiger partial charge in [-0.25, -0.2) is 0 Å². The highest BCUT2D eigenvalue weighted by Crippen LogP contribution is 2.15. The summed E-state index contributed by atoms with van der Waals surface area (Å²) in [6.45, 7) is 3.58. The molecule has 1 aromatic carbocycles. The van der Waals surface area contributed by atoms with Gasteiger partial charge >= 0.3 is 0 Å². The lowest BCUT2D eigenvalue weighted by Crippen LogP contribution is -2.17. The number of aryl methyl sites for hydroxylation is 1. The standard InChI is InChI=1S/C14H18N2O/c1-11-7-8-13(17-11)10-16(2)9-12-5-3-4-6-14(12)15/h3-8H,9-10,15H2,1-2H3. The first-order valence-electron chi connectivity index (χ1n) is 5.72. The Morgan fingerprint density at radius 3 is 2.53 bits per heavy atom. The Morgan fingerprint density at radius 1 is 1.12 bits per heavy atom. The SMILES string of the molecule is Cc1ccc(CN(C)Cc2ccccc2N)o1. The number of para-hydroxylation sites is 1. The zero-order chi connectivity index (χ0) is 12.3. The normalized spacial score (nSPS) is 11.0. The molecule has 0 aliphatic rings. The molecule has 0 saturated carbocycles. The minimum Gasteiger partial charge on any atom is -0.465 e. The number of nitrogens with two attached hydrogens (primary N) is 1. The maximum absolute atomic E-state index is 5.92. The average Bonchev–Trinajstić information content (AvgIpc) is 2.67. The molecular formula is C14H18N2O. The fourth-order valence-electron chi connectivity index (χ4n) is 1.86. The third-order valence-corrected chi connectivity index (χ3v) is 2.72. The lowest BCUT2D eigenvalue weighted by atomic mass is 10.2. The summed E-state index contributed by atoms with van der Waals surface area (Å²) in [5.41, 5.74) is 7.91. The minimum absolute atomic E-state index is 0.794. The molecule has 0 aliphatic heterocycles. The maximum Gasteiger partial charge on any atom is 0.118 e. The van der Waals surface area contributed by atoms with E-state index in [0.29, 0.717) is 0 Å². The molecule has 3 heteroatoms. The van der Waals surface area contributed by atoms with Gasteiger partial charge in [0, 0.05) is 12.2 Å². The van der Waals surface area contributed by atoms with Crippen molar-refractivity contribution in [3.63, 3.8) is 0 Å². The number of rotatable bonds is 4. The number of nitrogens with zero attached hydrogens (tertiary/aromatic N) is 1. The van der Waals surface area contributed by atoms with Gasteiger partial charge in [0.25, 0.3) is 0 Å². The summed E-state index contributed by atoms with van der Waals surface area (Å²) in [5, 5.41) is 0. The van der Waals surface area contributed by atoms with Crippen molar-refractivity contribution in [2.75, 3.05) is 12.8 Å². The molecule has 0 amide bonds. The van der Waals surface area contributed by atoms with E-state index in [-0.39, 0.29) is 0 Å². The van der Waals surface area contributed by atoms with Crippen LogP contribution in [0.2, 0.25) is 0 Å². The molecule has 0 saturated heterocycles. The molecule has 0 atom stereocenters. The summed E-state index contributed by atoms with van der Waals surface area (Å²) in [6.07, 6.45) is 0. The van der Waals surface area contributed by atoms with Crippen molar-refractivity contribution >= 4 is 5.69 Å². The van der Waals surface area contributed by atoms with Crippen LogP contribution < -0.4 is 5.73 Å². The van der Waals surface area contributed by atoms with Crippen LogP contribution in [0, 0.1) is 6.92 Å². The highest BCUT2D eigenvalue weighted by molar-refractivity contribution is 5.46. The lowest BCUT2D eigenvalue weighted by molar-refractivity contribution is 0.285. The third-order valence-electron chi connectivity index (χ3n) is 2.72. The summed E-state index contributed by atoms with van der Waals surface area (Å²) in [5.74, 6) is 1.94. The molecule has 3 nitrogen and oxygen atoms in total. The van der Waals surface area contributed by atoms with Crippen molar-refractivity contribution in [2.24, 2.45) is 0 Å². The predicted molar refractivity (Wildman–Crippen MR) is 69.5 cm³/mol. The van der Waals surface area contributed by atoms with Gasteiger partial charge in [-0.15, -0.1) is 0 Å². The summed E-state index contributed by atoms with van der Waals surface area (Å²) in [4.78, 5) is 2.18. The van der Waals surface area contributed by atoms with Crippen molar-refractivity contribution in [3.8, 4) is 0 Å². The van der Waals surface area contributed by atoms with E-state index in [1.807, 2.05) is 37.3 Å². The number of anilines is 1. The van der Waals surface area contributed by atoms with Crippen LogP contribution in [0.15, 0.2) is 40.8 Å². The molecule has 90 valence electrons. The smallest absolute Gasteiger partial charge is 0.118 e. The highest BCUT2D eigenvalue weighted by atomic mass is 16.3. The summed E-state index contributed by atoms with van der Waals surface area (Å²) >= 11 is 0. The van der Waals surface area contributed by atoms with Crippen LogP contribution in [0.5, 0.6) is 0 Å². The molecule has 17 heavy (non-hydrogen) atoms. The van der Waals surface area contributed by atoms with Crippen LogP contribution in [0.25, 0.3) is 0 Å². The van der Waals surface area contributed by atoms with E-state index in [9.17, 15) is 0 Å². The van der Waals surface area contributed by atoms with E-state index in [0.717, 1.165) is 35.9 Å². The van der Waals surface area contributed by atoms with Crippen LogP contribution >= 0.6 is 0 Å². The summed E-state index contributed by atoms with van der Waals surface area (Å²) in [6, 6.07) is 11.9. The van der Waals surface area contributed by atoms with E-state index < -0.39 is 0 Å². The zero-order valence-corrected chi connectivity index (χ0v) is 10.3. The second-order valence-corrected chi connectivity index (χ2v) is 4.38. The van der Waals surface area contributed by atoms with Crippen LogP contribution in [-0.2, 0) is 13.1 Å². The van der Waals surface area contributed by atoms with Crippen molar-refractivity contribution in [2.45, 2.75) is 20.0 Å². The van der Waals surface area contributed by atoms with E-state index >= 15 is 0 Å². The first kappa shape index (κ1) is 11.7. The summed E-state index contributed by atoms with van der Waals surface area (Å²) < 4.78 is 5.55. The predicted octanol–water partition coefficient (Wildman–Crippen LogP) is 2.80. The molecule has 0 aliphatic carbocycles. The van der Waals surface area contributed by atoms with Gasteiger partial charge in [0.2, 0.25) is 0 Å². The Labute approximate surface area is 102 Å². The Hall–Kier alpha value is -1.74. The molecule has 0 fully saturated rings. The fourth-order valence-corrected chi connectivity index (χ4v) is 1.86. The fraction of sp³-hybridized carbons (Fsp3) is 0.286. The molecular weight excluding hydrogens is 212 g/mol. The van der Waals surface area contributed by atoms with Crippen LogP contribution in [0.3, 0.4) is 0 Å². The van der Waals surface area contributed by atoms with Gasteiger partial charge in [0.1, 0.15) is 11.5 Å². The van der Waals surface area contributed by atoms with Gasteiger partial charge in [-0.1, -0.05) is 18.2 Å². The zero-order valence-electron chi connectivity index (χ0n) is 10.3. The topological polar surface area (TPSA) is 42.4 Å². The van der Waals surface area contributed by atoms with Gasteiger partial charge in [-0.3, -0.25) is 4.90 Å². The lowest BCUT2D eigenvalue weighted by Gasteiger charge is -2.16. The minimum atomic E-state index is 0.794. The first-order valence-corrected chi connectivity index (χ1v) is 5.72. The molecule has 2 rings (SSSR count). The Bertz CT molecular complexity index is 490. The van der Waals surface area contributed by atoms with Gasteiger partial charge in [-0.05, 0) is 37.7 Å². The van der Waals surface area contributed by atoms with Crippen molar-refractivity contribution in [1.29, 1.82) is 0 Å². The Kier molecular flexibility index (Phi) is 3.49. The van der Waals surface area contributed by atoms with E-state index in [4.69, 9.17) is 10.2 Å². The molecule has 2 N–H and O–H groups in total. The molecule has 2 aromatic rings.